The van der Waals surface area contributed by atoms with E-state index in [1.807, 2.05) is 38.1 Å². The third kappa shape index (κ3) is 4.27. The molecule has 1 amide bonds. The van der Waals surface area contributed by atoms with Crippen LogP contribution in [0.1, 0.15) is 61.9 Å². The number of hydrogen-bond acceptors (Lipinski definition) is 2. The molecule has 0 saturated heterocycles. The quantitative estimate of drug-likeness (QED) is 0.780. The van der Waals surface area contributed by atoms with Gasteiger partial charge in [0.15, 0.2) is 6.10 Å². The normalized spacial score (nSPS) is 15.2. The lowest BCUT2D eigenvalue weighted by Gasteiger charge is -2.21. The summed E-state index contributed by atoms with van der Waals surface area (Å²) in [7, 11) is 0. The molecule has 0 spiro atoms. The third-order valence-corrected chi connectivity index (χ3v) is 5.25. The zero-order chi connectivity index (χ0) is 18.5. The van der Waals surface area contributed by atoms with Gasteiger partial charge in [-0.3, -0.25) is 4.79 Å². The summed E-state index contributed by atoms with van der Waals surface area (Å²) >= 11 is 0. The molecule has 0 aliphatic heterocycles. The topological polar surface area (TPSA) is 38.3 Å². The number of benzene rings is 2. The van der Waals surface area contributed by atoms with Gasteiger partial charge in [-0.1, -0.05) is 44.2 Å². The first-order valence-electron chi connectivity index (χ1n) is 9.78. The molecule has 1 aliphatic rings. The third-order valence-electron chi connectivity index (χ3n) is 5.25. The highest BCUT2D eigenvalue weighted by Gasteiger charge is 2.21. The van der Waals surface area contributed by atoms with Gasteiger partial charge in [-0.05, 0) is 73.4 Å². The van der Waals surface area contributed by atoms with Crippen molar-refractivity contribution >= 4 is 5.91 Å². The molecule has 1 N–H and O–H groups in total. The average molecular weight is 351 g/mol. The van der Waals surface area contributed by atoms with Crippen molar-refractivity contribution in [3.8, 4) is 5.75 Å². The van der Waals surface area contributed by atoms with E-state index in [1.165, 1.54) is 35.1 Å². The fraction of sp³-hybridized carbons (Fsp3) is 0.435. The van der Waals surface area contributed by atoms with Crippen LogP contribution in [0.3, 0.4) is 0 Å². The Kier molecular flexibility index (Phi) is 5.97. The fourth-order valence-electron chi connectivity index (χ4n) is 3.54. The zero-order valence-corrected chi connectivity index (χ0v) is 16.0. The molecule has 2 aromatic carbocycles. The van der Waals surface area contributed by atoms with Gasteiger partial charge in [-0.2, -0.15) is 0 Å². The van der Waals surface area contributed by atoms with Gasteiger partial charge in [0.05, 0.1) is 6.04 Å². The highest BCUT2D eigenvalue weighted by molar-refractivity contribution is 5.81. The second-order valence-electron chi connectivity index (χ2n) is 7.12. The van der Waals surface area contributed by atoms with Crippen LogP contribution in [0.15, 0.2) is 42.5 Å². The molecule has 0 radical (unpaired) electrons. The summed E-state index contributed by atoms with van der Waals surface area (Å²) in [5, 5.41) is 3.12. The van der Waals surface area contributed by atoms with Crippen LogP contribution in [0.25, 0.3) is 0 Å². The summed E-state index contributed by atoms with van der Waals surface area (Å²) < 4.78 is 5.92. The minimum Gasteiger partial charge on any atom is -0.481 e. The van der Waals surface area contributed by atoms with Gasteiger partial charge in [-0.25, -0.2) is 0 Å². The standard InChI is InChI=1S/C23H29NO2/c1-4-17-9-13-21(14-10-17)26-22(5-2)23(25)24-16(3)19-12-11-18-7-6-8-20(18)15-19/h9-16,22H,4-8H2,1-3H3,(H,24,25). The summed E-state index contributed by atoms with van der Waals surface area (Å²) in [6.45, 7) is 6.14. The van der Waals surface area contributed by atoms with Crippen LogP contribution >= 0.6 is 0 Å². The summed E-state index contributed by atoms with van der Waals surface area (Å²) in [5.41, 5.74) is 5.32. The summed E-state index contributed by atoms with van der Waals surface area (Å²) in [6, 6.07) is 14.6. The molecular weight excluding hydrogens is 322 g/mol. The highest BCUT2D eigenvalue weighted by atomic mass is 16.5. The fourth-order valence-corrected chi connectivity index (χ4v) is 3.54. The predicted octanol–water partition coefficient (Wildman–Crippen LogP) is 4.77. The van der Waals surface area contributed by atoms with Crippen molar-refractivity contribution in [1.82, 2.24) is 5.32 Å². The SMILES string of the molecule is CCc1ccc(OC(CC)C(=O)NC(C)c2ccc3c(c2)CCC3)cc1. The zero-order valence-electron chi connectivity index (χ0n) is 16.0. The Morgan fingerprint density at radius 1 is 1.08 bits per heavy atom. The lowest BCUT2D eigenvalue weighted by atomic mass is 10.0. The molecule has 138 valence electrons. The molecule has 3 rings (SSSR count). The summed E-state index contributed by atoms with van der Waals surface area (Å²) in [4.78, 5) is 12.7. The number of amides is 1. The Bertz CT molecular complexity index is 751. The second-order valence-corrected chi connectivity index (χ2v) is 7.12. The number of nitrogens with one attached hydrogen (secondary N) is 1. The van der Waals surface area contributed by atoms with E-state index < -0.39 is 6.10 Å². The number of rotatable bonds is 7. The van der Waals surface area contributed by atoms with Gasteiger partial charge in [-0.15, -0.1) is 0 Å². The number of carbonyl (C=O) groups excluding carboxylic acids is 1. The Hall–Kier alpha value is -2.29. The molecule has 1 aliphatic carbocycles. The predicted molar refractivity (Wildman–Crippen MR) is 106 cm³/mol. The molecule has 2 atom stereocenters. The number of fused-ring (bicyclic) bond motifs is 1. The van der Waals surface area contributed by atoms with Crippen LogP contribution in [-0.2, 0) is 24.1 Å². The first kappa shape index (κ1) is 18.5. The van der Waals surface area contributed by atoms with Crippen LogP contribution < -0.4 is 10.1 Å². The summed E-state index contributed by atoms with van der Waals surface area (Å²) in [5.74, 6) is 0.689. The first-order valence-corrected chi connectivity index (χ1v) is 9.78. The smallest absolute Gasteiger partial charge is 0.261 e. The van der Waals surface area contributed by atoms with E-state index in [2.05, 4.69) is 30.4 Å². The van der Waals surface area contributed by atoms with E-state index in [4.69, 9.17) is 4.74 Å². The van der Waals surface area contributed by atoms with Gasteiger partial charge in [0.2, 0.25) is 0 Å². The highest BCUT2D eigenvalue weighted by Crippen LogP contribution is 2.25. The Balaban J connectivity index is 1.62. The number of carbonyl (C=O) groups is 1. The van der Waals surface area contributed by atoms with E-state index in [0.717, 1.165) is 18.6 Å². The first-order chi connectivity index (χ1) is 12.6. The lowest BCUT2D eigenvalue weighted by Crippen LogP contribution is -2.39. The van der Waals surface area contributed by atoms with E-state index in [0.29, 0.717) is 6.42 Å². The Morgan fingerprint density at radius 3 is 2.50 bits per heavy atom. The lowest BCUT2D eigenvalue weighted by molar-refractivity contribution is -0.128. The number of ether oxygens (including phenoxy) is 1. The molecule has 0 heterocycles. The van der Waals surface area contributed by atoms with E-state index in [9.17, 15) is 4.79 Å². The molecule has 2 aromatic rings. The minimum atomic E-state index is -0.473. The van der Waals surface area contributed by atoms with E-state index in [-0.39, 0.29) is 11.9 Å². The second kappa shape index (κ2) is 8.39. The maximum atomic E-state index is 12.7. The number of aryl methyl sites for hydroxylation is 3. The van der Waals surface area contributed by atoms with Crippen LogP contribution in [-0.4, -0.2) is 12.0 Å². The molecule has 26 heavy (non-hydrogen) atoms. The molecule has 0 fully saturated rings. The van der Waals surface area contributed by atoms with Gasteiger partial charge >= 0.3 is 0 Å². The van der Waals surface area contributed by atoms with Crippen molar-refractivity contribution in [2.45, 2.75) is 65.0 Å². The molecule has 0 aromatic heterocycles. The monoisotopic (exact) mass is 351 g/mol. The summed E-state index contributed by atoms with van der Waals surface area (Å²) in [6.07, 6.45) is 4.73. The maximum absolute atomic E-state index is 12.7. The maximum Gasteiger partial charge on any atom is 0.261 e. The van der Waals surface area contributed by atoms with Crippen molar-refractivity contribution < 1.29 is 9.53 Å². The molecule has 3 heteroatoms. The van der Waals surface area contributed by atoms with Crippen LogP contribution in [0.2, 0.25) is 0 Å². The average Bonchev–Trinajstić information content (AvgIpc) is 3.14. The number of hydrogen-bond donors (Lipinski definition) is 1. The largest absolute Gasteiger partial charge is 0.481 e. The minimum absolute atomic E-state index is 0.0199. The molecule has 2 unspecified atom stereocenters. The molecule has 0 saturated carbocycles. The van der Waals surface area contributed by atoms with Crippen molar-refractivity contribution in [1.29, 1.82) is 0 Å². The van der Waals surface area contributed by atoms with Gasteiger partial charge in [0.1, 0.15) is 5.75 Å². The van der Waals surface area contributed by atoms with Crippen molar-refractivity contribution in [2.24, 2.45) is 0 Å². The van der Waals surface area contributed by atoms with Gasteiger partial charge in [0.25, 0.3) is 5.91 Å². The molecule has 0 bridgehead atoms. The van der Waals surface area contributed by atoms with Gasteiger partial charge in [0, 0.05) is 0 Å². The van der Waals surface area contributed by atoms with Crippen LogP contribution in [0, 0.1) is 0 Å². The molecular formula is C23H29NO2. The van der Waals surface area contributed by atoms with Crippen molar-refractivity contribution in [3.05, 3.63) is 64.7 Å². The van der Waals surface area contributed by atoms with Crippen molar-refractivity contribution in [2.75, 3.05) is 0 Å². The Labute approximate surface area is 156 Å². The Morgan fingerprint density at radius 2 is 1.81 bits per heavy atom. The molecule has 3 nitrogen and oxygen atoms in total. The van der Waals surface area contributed by atoms with E-state index >= 15 is 0 Å². The van der Waals surface area contributed by atoms with Crippen LogP contribution in [0.4, 0.5) is 0 Å². The van der Waals surface area contributed by atoms with Crippen molar-refractivity contribution in [3.63, 3.8) is 0 Å². The van der Waals surface area contributed by atoms with Crippen LogP contribution in [0.5, 0.6) is 5.75 Å². The van der Waals surface area contributed by atoms with Gasteiger partial charge < -0.3 is 10.1 Å². The van der Waals surface area contributed by atoms with E-state index in [1.54, 1.807) is 0 Å².